The van der Waals surface area contributed by atoms with Gasteiger partial charge in [-0.05, 0) is 36.4 Å². The summed E-state index contributed by atoms with van der Waals surface area (Å²) in [5.74, 6) is -0.970. The summed E-state index contributed by atoms with van der Waals surface area (Å²) >= 11 is 0. The fourth-order valence-electron chi connectivity index (χ4n) is 3.01. The van der Waals surface area contributed by atoms with Crippen molar-refractivity contribution in [1.29, 1.82) is 0 Å². The van der Waals surface area contributed by atoms with E-state index in [-0.39, 0.29) is 12.2 Å². The summed E-state index contributed by atoms with van der Waals surface area (Å²) in [6, 6.07) is 19.2. The number of nitrogens with one attached hydrogen (secondary N) is 1. The van der Waals surface area contributed by atoms with Crippen molar-refractivity contribution in [3.05, 3.63) is 83.7 Å². The highest BCUT2D eigenvalue weighted by Gasteiger charge is 2.13. The van der Waals surface area contributed by atoms with Crippen molar-refractivity contribution in [3.63, 3.8) is 0 Å². The number of nitrogen functional groups attached to an aromatic ring is 1. The van der Waals surface area contributed by atoms with Crippen LogP contribution in [-0.4, -0.2) is 15.5 Å². The summed E-state index contributed by atoms with van der Waals surface area (Å²) in [4.78, 5) is 16.8. The lowest BCUT2D eigenvalue weighted by atomic mass is 10.1. The topological polar surface area (TPSA) is 82.2 Å². The van der Waals surface area contributed by atoms with Crippen LogP contribution in [0.2, 0.25) is 0 Å². The van der Waals surface area contributed by atoms with E-state index in [1.54, 1.807) is 34.9 Å². The van der Waals surface area contributed by atoms with E-state index in [0.29, 0.717) is 22.9 Å². The summed E-state index contributed by atoms with van der Waals surface area (Å²) in [5, 5.41) is 2.68. The van der Waals surface area contributed by atoms with Crippen LogP contribution < -0.4 is 15.8 Å². The first kappa shape index (κ1) is 18.5. The molecule has 0 aliphatic heterocycles. The Kier molecular flexibility index (Phi) is 4.87. The number of para-hydroxylation sites is 4. The maximum Gasteiger partial charge on any atom is 0.297 e. The molecule has 0 fully saturated rings. The van der Waals surface area contributed by atoms with Crippen LogP contribution in [0.3, 0.4) is 0 Å². The number of carbonyl (C=O) groups excluding carboxylic acids is 1. The van der Waals surface area contributed by atoms with Gasteiger partial charge in [0.2, 0.25) is 0 Å². The summed E-state index contributed by atoms with van der Waals surface area (Å²) in [6.45, 7) is -0.00344. The Morgan fingerprint density at radius 3 is 2.66 bits per heavy atom. The number of fused-ring (bicyclic) bond motifs is 1. The molecule has 0 saturated carbocycles. The summed E-state index contributed by atoms with van der Waals surface area (Å²) in [5.41, 5.74) is 8.99. The van der Waals surface area contributed by atoms with Gasteiger partial charge in [-0.2, -0.15) is 4.98 Å². The normalized spacial score (nSPS) is 10.8. The number of nitrogens with two attached hydrogens (primary N) is 1. The van der Waals surface area contributed by atoms with E-state index < -0.39 is 11.7 Å². The number of rotatable bonds is 5. The highest BCUT2D eigenvalue weighted by atomic mass is 19.1. The maximum absolute atomic E-state index is 14.5. The molecule has 1 aromatic heterocycles. The Labute approximate surface area is 166 Å². The first-order valence-electron chi connectivity index (χ1n) is 9.01. The third-order valence-corrected chi connectivity index (χ3v) is 4.63. The van der Waals surface area contributed by atoms with Crippen molar-refractivity contribution in [2.75, 3.05) is 11.1 Å². The number of hydrogen-bond acceptors (Lipinski definition) is 4. The van der Waals surface area contributed by atoms with Gasteiger partial charge in [0.05, 0.1) is 22.4 Å². The van der Waals surface area contributed by atoms with Crippen LogP contribution in [0.25, 0.3) is 11.0 Å². The van der Waals surface area contributed by atoms with E-state index in [0.717, 1.165) is 11.0 Å². The molecule has 0 bridgehead atoms. The quantitative estimate of drug-likeness (QED) is 0.502. The molecule has 29 heavy (non-hydrogen) atoms. The number of anilines is 2. The lowest BCUT2D eigenvalue weighted by Gasteiger charge is -2.10. The van der Waals surface area contributed by atoms with Crippen molar-refractivity contribution in [2.24, 2.45) is 7.05 Å². The Hall–Kier alpha value is -3.87. The summed E-state index contributed by atoms with van der Waals surface area (Å²) < 4.78 is 22.0. The first-order chi connectivity index (χ1) is 14.0. The Bertz CT molecular complexity index is 1200. The smallest absolute Gasteiger partial charge is 0.297 e. The number of benzene rings is 3. The van der Waals surface area contributed by atoms with E-state index in [1.165, 1.54) is 12.1 Å². The summed E-state index contributed by atoms with van der Waals surface area (Å²) in [7, 11) is 1.84. The Morgan fingerprint density at radius 2 is 1.90 bits per heavy atom. The standard InChI is InChI=1S/C22H19FN4O2/c1-27-20-9-5-4-8-19(20)26-22(27)29-13-15-11-10-14(12-16(15)23)21(28)25-18-7-3-2-6-17(18)24/h2-12H,13,24H2,1H3,(H,25,28). The van der Waals surface area contributed by atoms with Gasteiger partial charge in [0.15, 0.2) is 0 Å². The van der Waals surface area contributed by atoms with Gasteiger partial charge in [-0.15, -0.1) is 0 Å². The van der Waals surface area contributed by atoms with Crippen LogP contribution in [0.15, 0.2) is 66.7 Å². The zero-order valence-electron chi connectivity index (χ0n) is 15.7. The fraction of sp³-hybridized carbons (Fsp3) is 0.0909. The molecule has 4 aromatic rings. The number of hydrogen-bond donors (Lipinski definition) is 2. The average Bonchev–Trinajstić information content (AvgIpc) is 3.04. The Balaban J connectivity index is 1.47. The molecule has 0 unspecified atom stereocenters. The van der Waals surface area contributed by atoms with Crippen molar-refractivity contribution >= 4 is 28.3 Å². The molecular weight excluding hydrogens is 371 g/mol. The number of carbonyl (C=O) groups is 1. The van der Waals surface area contributed by atoms with E-state index in [9.17, 15) is 9.18 Å². The molecule has 1 amide bonds. The van der Waals surface area contributed by atoms with E-state index in [4.69, 9.17) is 10.5 Å². The summed E-state index contributed by atoms with van der Waals surface area (Å²) in [6.07, 6.45) is 0. The van der Waals surface area contributed by atoms with E-state index in [2.05, 4.69) is 10.3 Å². The maximum atomic E-state index is 14.5. The lowest BCUT2D eigenvalue weighted by molar-refractivity contribution is 0.102. The molecule has 7 heteroatoms. The zero-order valence-corrected chi connectivity index (χ0v) is 15.7. The molecule has 3 aromatic carbocycles. The van der Waals surface area contributed by atoms with Gasteiger partial charge in [-0.25, -0.2) is 4.39 Å². The molecule has 0 saturated heterocycles. The van der Waals surface area contributed by atoms with Gasteiger partial charge >= 0.3 is 0 Å². The van der Waals surface area contributed by atoms with Crippen molar-refractivity contribution < 1.29 is 13.9 Å². The van der Waals surface area contributed by atoms with Gasteiger partial charge in [-0.1, -0.05) is 30.3 Å². The second-order valence-electron chi connectivity index (χ2n) is 6.58. The highest BCUT2D eigenvalue weighted by molar-refractivity contribution is 6.05. The molecule has 6 nitrogen and oxygen atoms in total. The molecule has 0 atom stereocenters. The van der Waals surface area contributed by atoms with Crippen LogP contribution in [-0.2, 0) is 13.7 Å². The van der Waals surface area contributed by atoms with Crippen molar-refractivity contribution in [2.45, 2.75) is 6.61 Å². The minimum Gasteiger partial charge on any atom is -0.460 e. The van der Waals surface area contributed by atoms with Crippen LogP contribution in [0.4, 0.5) is 15.8 Å². The molecule has 0 radical (unpaired) electrons. The SMILES string of the molecule is Cn1c(OCc2ccc(C(=O)Nc3ccccc3N)cc2F)nc2ccccc21. The predicted molar refractivity (Wildman–Crippen MR) is 110 cm³/mol. The van der Waals surface area contributed by atoms with Gasteiger partial charge in [0.1, 0.15) is 12.4 Å². The van der Waals surface area contributed by atoms with Gasteiger partial charge in [-0.3, -0.25) is 9.36 Å². The number of aryl methyl sites for hydroxylation is 1. The molecule has 0 aliphatic rings. The zero-order chi connectivity index (χ0) is 20.4. The first-order valence-corrected chi connectivity index (χ1v) is 9.01. The number of nitrogens with zero attached hydrogens (tertiary/aromatic N) is 2. The Morgan fingerprint density at radius 1 is 1.14 bits per heavy atom. The van der Waals surface area contributed by atoms with Crippen molar-refractivity contribution in [1.82, 2.24) is 9.55 Å². The third-order valence-electron chi connectivity index (χ3n) is 4.63. The minimum atomic E-state index is -0.530. The second kappa shape index (κ2) is 7.63. The van der Waals surface area contributed by atoms with Gasteiger partial charge in [0.25, 0.3) is 11.9 Å². The molecule has 3 N–H and O–H groups in total. The second-order valence-corrected chi connectivity index (χ2v) is 6.58. The van der Waals surface area contributed by atoms with Crippen LogP contribution in [0.5, 0.6) is 6.01 Å². The molecule has 1 heterocycles. The van der Waals surface area contributed by atoms with Crippen molar-refractivity contribution in [3.8, 4) is 6.01 Å². The lowest BCUT2D eigenvalue weighted by Crippen LogP contribution is -2.14. The number of imidazole rings is 1. The van der Waals surface area contributed by atoms with Gasteiger partial charge < -0.3 is 15.8 Å². The predicted octanol–water partition coefficient (Wildman–Crippen LogP) is 4.13. The number of amides is 1. The molecule has 0 spiro atoms. The van der Waals surface area contributed by atoms with Crippen LogP contribution in [0, 0.1) is 5.82 Å². The highest BCUT2D eigenvalue weighted by Crippen LogP contribution is 2.22. The minimum absolute atomic E-state index is 0.00344. The van der Waals surface area contributed by atoms with E-state index >= 15 is 0 Å². The monoisotopic (exact) mass is 390 g/mol. The van der Waals surface area contributed by atoms with E-state index in [1.807, 2.05) is 31.3 Å². The number of halogens is 1. The molecular formula is C22H19FN4O2. The van der Waals surface area contributed by atoms with Crippen LogP contribution in [0.1, 0.15) is 15.9 Å². The molecule has 0 aliphatic carbocycles. The van der Waals surface area contributed by atoms with Gasteiger partial charge in [0, 0.05) is 18.2 Å². The number of aromatic nitrogens is 2. The number of ether oxygens (including phenoxy) is 1. The third kappa shape index (κ3) is 3.75. The average molecular weight is 390 g/mol. The largest absolute Gasteiger partial charge is 0.460 e. The van der Waals surface area contributed by atoms with Crippen LogP contribution >= 0.6 is 0 Å². The molecule has 4 rings (SSSR count). The molecule has 146 valence electrons. The fourth-order valence-corrected chi connectivity index (χ4v) is 3.01.